The molecule has 0 unspecified atom stereocenters. The van der Waals surface area contributed by atoms with Gasteiger partial charge < -0.3 is 31.1 Å². The topological polar surface area (TPSA) is 139 Å². The summed E-state index contributed by atoms with van der Waals surface area (Å²) in [4.78, 5) is 39.9. The molecule has 0 spiro atoms. The first kappa shape index (κ1) is 24.8. The lowest BCUT2D eigenvalue weighted by Crippen LogP contribution is -2.49. The number of anilines is 1. The number of likely N-dealkylation sites (tertiary alicyclic amines) is 1. The summed E-state index contributed by atoms with van der Waals surface area (Å²) in [5.41, 5.74) is 6.53. The molecular formula is C25H25ClFN5O5. The van der Waals surface area contributed by atoms with Crippen LogP contribution in [-0.2, 0) is 11.3 Å². The molecule has 1 aliphatic heterocycles. The predicted octanol–water partition coefficient (Wildman–Crippen LogP) is 3.04. The van der Waals surface area contributed by atoms with Crippen LogP contribution in [0.5, 0.6) is 5.75 Å². The van der Waals surface area contributed by atoms with E-state index in [1.54, 1.807) is 24.3 Å². The Balaban J connectivity index is 1.35. The number of urea groups is 1. The maximum absolute atomic E-state index is 14.2. The van der Waals surface area contributed by atoms with Crippen molar-refractivity contribution in [3.8, 4) is 5.75 Å². The largest absolute Gasteiger partial charge is 0.491 e. The van der Waals surface area contributed by atoms with Crippen molar-refractivity contribution in [3.63, 3.8) is 0 Å². The Kier molecular flexibility index (Phi) is 6.65. The third kappa shape index (κ3) is 4.79. The molecule has 12 heteroatoms. The minimum Gasteiger partial charge on any atom is -0.491 e. The summed E-state index contributed by atoms with van der Waals surface area (Å²) in [5, 5.41) is 15.0. The number of nitrogens with one attached hydrogen (secondary N) is 2. The van der Waals surface area contributed by atoms with E-state index in [9.17, 15) is 18.8 Å². The van der Waals surface area contributed by atoms with Gasteiger partial charge in [-0.05, 0) is 43.0 Å². The second-order valence-corrected chi connectivity index (χ2v) is 9.49. The predicted molar refractivity (Wildman–Crippen MR) is 134 cm³/mol. The first-order chi connectivity index (χ1) is 17.8. The van der Waals surface area contributed by atoms with Crippen molar-refractivity contribution < 1.29 is 28.6 Å². The van der Waals surface area contributed by atoms with Gasteiger partial charge in [-0.1, -0.05) is 23.7 Å². The summed E-state index contributed by atoms with van der Waals surface area (Å²) in [7, 11) is 0. The molecule has 1 saturated carbocycles. The molecule has 2 aromatic carbocycles. The van der Waals surface area contributed by atoms with Crippen LogP contribution >= 0.6 is 11.6 Å². The number of nitrogens with two attached hydrogens (primary N) is 1. The number of ether oxygens (including phenoxy) is 1. The average Bonchev–Trinajstić information content (AvgIpc) is 3.39. The van der Waals surface area contributed by atoms with Crippen LogP contribution in [0.2, 0.25) is 5.02 Å². The Bertz CT molecular complexity index is 1400. The monoisotopic (exact) mass is 529 g/mol. The second-order valence-electron chi connectivity index (χ2n) is 9.08. The van der Waals surface area contributed by atoms with Gasteiger partial charge in [-0.2, -0.15) is 0 Å². The number of primary amides is 1. The number of nitrogens with zero attached hydrogens (tertiary/aromatic N) is 2. The van der Waals surface area contributed by atoms with Gasteiger partial charge in [0.2, 0.25) is 5.91 Å². The molecule has 0 bridgehead atoms. The standard InChI is InChI=1S/C25H25ClFN5O5/c26-17-3-1-2-13(22(17)27)11-29-23(34)21-9-14-8-20(14)32(21)25(36)30-18-12-31(24(28)35)19-5-4-15(10-16(18)19)37-7-6-33/h1-5,10,12,14,20-21,33H,6-9,11H2,(H2,28,35)(H,29,34)(H,30,36)/t14-,20-,21+/m1/s1. The molecule has 1 aromatic heterocycles. The number of carbonyl (C=O) groups excluding carboxylic acids is 3. The number of halogens is 2. The number of piperidine rings is 1. The van der Waals surface area contributed by atoms with Crippen LogP contribution in [0.25, 0.3) is 10.9 Å². The number of hydrogen-bond donors (Lipinski definition) is 4. The van der Waals surface area contributed by atoms with Gasteiger partial charge in [-0.3, -0.25) is 9.36 Å². The fourth-order valence-corrected chi connectivity index (χ4v) is 5.09. The Hall–Kier alpha value is -3.83. The molecule has 194 valence electrons. The van der Waals surface area contributed by atoms with Crippen molar-refractivity contribution >= 4 is 46.2 Å². The van der Waals surface area contributed by atoms with Crippen LogP contribution in [0, 0.1) is 11.7 Å². The number of fused-ring (bicyclic) bond motifs is 2. The number of aliphatic hydroxyl groups excluding tert-OH is 1. The van der Waals surface area contributed by atoms with Crippen LogP contribution in [-0.4, -0.2) is 57.8 Å². The molecular weight excluding hydrogens is 505 g/mol. The highest BCUT2D eigenvalue weighted by atomic mass is 35.5. The Morgan fingerprint density at radius 1 is 1.22 bits per heavy atom. The number of carbonyl (C=O) groups is 3. The number of aliphatic hydroxyl groups is 1. The van der Waals surface area contributed by atoms with Crippen molar-refractivity contribution in [1.29, 1.82) is 0 Å². The van der Waals surface area contributed by atoms with E-state index >= 15 is 0 Å². The molecule has 37 heavy (non-hydrogen) atoms. The average molecular weight is 530 g/mol. The van der Waals surface area contributed by atoms with Gasteiger partial charge in [0.05, 0.1) is 22.8 Å². The highest BCUT2D eigenvalue weighted by molar-refractivity contribution is 6.30. The summed E-state index contributed by atoms with van der Waals surface area (Å²) in [6.45, 7) is -0.152. The van der Waals surface area contributed by atoms with Crippen LogP contribution in [0.1, 0.15) is 18.4 Å². The van der Waals surface area contributed by atoms with E-state index < -0.39 is 23.9 Å². The Morgan fingerprint density at radius 2 is 2.03 bits per heavy atom. The van der Waals surface area contributed by atoms with Crippen molar-refractivity contribution in [2.24, 2.45) is 11.7 Å². The van der Waals surface area contributed by atoms with Gasteiger partial charge in [0.25, 0.3) is 0 Å². The third-order valence-electron chi connectivity index (χ3n) is 6.74. The maximum Gasteiger partial charge on any atom is 0.323 e. The van der Waals surface area contributed by atoms with E-state index in [4.69, 9.17) is 27.2 Å². The molecule has 1 aliphatic carbocycles. The smallest absolute Gasteiger partial charge is 0.323 e. The van der Waals surface area contributed by atoms with Gasteiger partial charge in [-0.15, -0.1) is 0 Å². The second kappa shape index (κ2) is 9.91. The van der Waals surface area contributed by atoms with Crippen molar-refractivity contribution in [1.82, 2.24) is 14.8 Å². The first-order valence-electron chi connectivity index (χ1n) is 11.8. The van der Waals surface area contributed by atoms with Crippen molar-refractivity contribution in [2.45, 2.75) is 31.5 Å². The Morgan fingerprint density at radius 3 is 2.78 bits per heavy atom. The molecule has 0 radical (unpaired) electrons. The molecule has 5 N–H and O–H groups in total. The summed E-state index contributed by atoms with van der Waals surface area (Å²) < 4.78 is 20.9. The van der Waals surface area contributed by atoms with Crippen LogP contribution < -0.4 is 21.1 Å². The number of benzene rings is 2. The molecule has 5 rings (SSSR count). The van der Waals surface area contributed by atoms with Crippen LogP contribution in [0.4, 0.5) is 19.7 Å². The minimum atomic E-state index is -0.733. The van der Waals surface area contributed by atoms with Gasteiger partial charge in [0.15, 0.2) is 0 Å². The van der Waals surface area contributed by atoms with Gasteiger partial charge in [0.1, 0.15) is 24.2 Å². The zero-order chi connectivity index (χ0) is 26.3. The summed E-state index contributed by atoms with van der Waals surface area (Å²) in [6.07, 6.45) is 2.71. The van der Waals surface area contributed by atoms with E-state index in [0.29, 0.717) is 28.8 Å². The van der Waals surface area contributed by atoms with E-state index in [2.05, 4.69) is 10.6 Å². The lowest BCUT2D eigenvalue weighted by Gasteiger charge is -2.27. The summed E-state index contributed by atoms with van der Waals surface area (Å²) in [5.74, 6) is -0.328. The van der Waals surface area contributed by atoms with E-state index in [-0.39, 0.29) is 48.2 Å². The normalized spacial score (nSPS) is 20.0. The molecule has 10 nitrogen and oxygen atoms in total. The fraction of sp³-hybridized carbons (Fsp3) is 0.320. The number of hydrogen-bond acceptors (Lipinski definition) is 5. The lowest BCUT2D eigenvalue weighted by molar-refractivity contribution is -0.125. The molecule has 2 fully saturated rings. The maximum atomic E-state index is 14.2. The quantitative estimate of drug-likeness (QED) is 0.372. The molecule has 4 amide bonds. The highest BCUT2D eigenvalue weighted by Crippen LogP contribution is 2.48. The minimum absolute atomic E-state index is 0.0325. The number of rotatable bonds is 7. The summed E-state index contributed by atoms with van der Waals surface area (Å²) in [6, 6.07) is 7.41. The first-order valence-corrected chi connectivity index (χ1v) is 12.1. The molecule has 1 saturated heterocycles. The van der Waals surface area contributed by atoms with Crippen LogP contribution in [0.3, 0.4) is 0 Å². The van der Waals surface area contributed by atoms with E-state index in [1.807, 2.05) is 0 Å². The molecule has 2 heterocycles. The lowest BCUT2D eigenvalue weighted by atomic mass is 10.1. The van der Waals surface area contributed by atoms with E-state index in [0.717, 1.165) is 6.42 Å². The zero-order valence-electron chi connectivity index (χ0n) is 19.6. The van der Waals surface area contributed by atoms with Crippen molar-refractivity contribution in [2.75, 3.05) is 18.5 Å². The third-order valence-corrected chi connectivity index (χ3v) is 7.03. The summed E-state index contributed by atoms with van der Waals surface area (Å²) >= 11 is 5.82. The zero-order valence-corrected chi connectivity index (χ0v) is 20.4. The molecule has 2 aliphatic rings. The SMILES string of the molecule is NC(=O)n1cc(NC(=O)N2[C@@H]3C[C@@H]3C[C@H]2C(=O)NCc2cccc(Cl)c2F)c2cc(OCCO)ccc21. The fourth-order valence-electron chi connectivity index (χ4n) is 4.89. The van der Waals surface area contributed by atoms with Gasteiger partial charge in [0, 0.05) is 29.7 Å². The van der Waals surface area contributed by atoms with Gasteiger partial charge in [-0.25, -0.2) is 14.0 Å². The van der Waals surface area contributed by atoms with Crippen molar-refractivity contribution in [3.05, 3.63) is 59.0 Å². The van der Waals surface area contributed by atoms with Gasteiger partial charge >= 0.3 is 12.1 Å². The van der Waals surface area contributed by atoms with Crippen LogP contribution in [0.15, 0.2) is 42.6 Å². The van der Waals surface area contributed by atoms with E-state index in [1.165, 1.54) is 27.8 Å². The number of amides is 4. The molecule has 3 aromatic rings. The molecule has 3 atom stereocenters. The number of aromatic nitrogens is 1. The Labute approximate surface area is 216 Å². The highest BCUT2D eigenvalue weighted by Gasteiger charge is 2.56.